The third-order valence-corrected chi connectivity index (χ3v) is 3.79. The number of phenols is 1. The van der Waals surface area contributed by atoms with E-state index in [0.717, 1.165) is 5.56 Å². The molecular formula is C13H12O2S. The smallest absolute Gasteiger partial charge is 0.134 e. The van der Waals surface area contributed by atoms with Crippen LogP contribution < -0.4 is 0 Å². The molecule has 1 atom stereocenters. The summed E-state index contributed by atoms with van der Waals surface area (Å²) in [7, 11) is -1.32. The van der Waals surface area contributed by atoms with Crippen LogP contribution in [0.1, 0.15) is 5.56 Å². The van der Waals surface area contributed by atoms with Gasteiger partial charge >= 0.3 is 0 Å². The van der Waals surface area contributed by atoms with Crippen LogP contribution in [-0.4, -0.2) is 9.32 Å². The van der Waals surface area contributed by atoms with Crippen molar-refractivity contribution >= 4 is 10.8 Å². The van der Waals surface area contributed by atoms with Crippen LogP contribution in [0.15, 0.2) is 58.3 Å². The Kier molecular flexibility index (Phi) is 3.06. The minimum Gasteiger partial charge on any atom is -0.506 e. The van der Waals surface area contributed by atoms with Gasteiger partial charge in [-0.15, -0.1) is 0 Å². The highest BCUT2D eigenvalue weighted by Crippen LogP contribution is 2.27. The number of hydrogen-bond acceptors (Lipinski definition) is 2. The number of benzene rings is 2. The molecule has 0 aromatic heterocycles. The van der Waals surface area contributed by atoms with Crippen LogP contribution in [0.2, 0.25) is 0 Å². The van der Waals surface area contributed by atoms with Gasteiger partial charge in [-0.2, -0.15) is 0 Å². The second kappa shape index (κ2) is 4.49. The maximum absolute atomic E-state index is 12.2. The molecular weight excluding hydrogens is 220 g/mol. The van der Waals surface area contributed by atoms with Crippen molar-refractivity contribution in [3.05, 3.63) is 54.1 Å². The largest absolute Gasteiger partial charge is 0.506 e. The predicted molar refractivity (Wildman–Crippen MR) is 64.0 cm³/mol. The Hall–Kier alpha value is -1.61. The number of phenolic OH excluding ortho intramolecular Hbond substituents is 1. The maximum Gasteiger partial charge on any atom is 0.134 e. The Morgan fingerprint density at radius 2 is 1.69 bits per heavy atom. The maximum atomic E-state index is 12.2. The summed E-state index contributed by atoms with van der Waals surface area (Å²) in [4.78, 5) is 1.16. The van der Waals surface area contributed by atoms with E-state index in [2.05, 4.69) is 0 Å². The van der Waals surface area contributed by atoms with Crippen molar-refractivity contribution < 1.29 is 9.32 Å². The van der Waals surface area contributed by atoms with Gasteiger partial charge in [0.05, 0.1) is 15.7 Å². The average molecular weight is 232 g/mol. The molecule has 0 aliphatic rings. The molecule has 2 aromatic carbocycles. The van der Waals surface area contributed by atoms with Crippen LogP contribution in [0.3, 0.4) is 0 Å². The first kappa shape index (κ1) is 10.9. The predicted octanol–water partition coefficient (Wildman–Crippen LogP) is 2.87. The van der Waals surface area contributed by atoms with Crippen LogP contribution >= 0.6 is 0 Å². The Bertz CT molecular complexity index is 521. The molecule has 16 heavy (non-hydrogen) atoms. The zero-order chi connectivity index (χ0) is 11.5. The summed E-state index contributed by atoms with van der Waals surface area (Å²) >= 11 is 0. The van der Waals surface area contributed by atoms with E-state index in [4.69, 9.17) is 0 Å². The first-order valence-corrected chi connectivity index (χ1v) is 6.10. The number of hydrogen-bond donors (Lipinski definition) is 1. The molecule has 0 radical (unpaired) electrons. The molecule has 0 aliphatic heterocycles. The number of aryl methyl sites for hydroxylation is 1. The molecule has 3 heteroatoms. The van der Waals surface area contributed by atoms with Crippen LogP contribution in [0.25, 0.3) is 0 Å². The van der Waals surface area contributed by atoms with E-state index >= 15 is 0 Å². The van der Waals surface area contributed by atoms with Gasteiger partial charge in [0.15, 0.2) is 0 Å². The zero-order valence-electron chi connectivity index (χ0n) is 8.88. The number of para-hydroxylation sites is 1. The van der Waals surface area contributed by atoms with Crippen molar-refractivity contribution in [2.24, 2.45) is 0 Å². The molecule has 0 aliphatic carbocycles. The van der Waals surface area contributed by atoms with E-state index in [9.17, 15) is 9.32 Å². The third-order valence-electron chi connectivity index (χ3n) is 2.36. The van der Waals surface area contributed by atoms with E-state index in [1.165, 1.54) is 0 Å². The molecule has 1 N–H and O–H groups in total. The van der Waals surface area contributed by atoms with Gasteiger partial charge in [-0.25, -0.2) is 4.21 Å². The van der Waals surface area contributed by atoms with E-state index in [-0.39, 0.29) is 5.75 Å². The topological polar surface area (TPSA) is 37.3 Å². The summed E-state index contributed by atoms with van der Waals surface area (Å²) in [6, 6.07) is 14.4. The molecule has 2 rings (SSSR count). The van der Waals surface area contributed by atoms with Crippen molar-refractivity contribution in [1.82, 2.24) is 0 Å². The molecule has 0 bridgehead atoms. The minimum absolute atomic E-state index is 0.115. The third kappa shape index (κ3) is 1.99. The van der Waals surface area contributed by atoms with Crippen molar-refractivity contribution in [3.63, 3.8) is 0 Å². The van der Waals surface area contributed by atoms with Gasteiger partial charge in [-0.1, -0.05) is 30.3 Å². The summed E-state index contributed by atoms with van der Waals surface area (Å²) in [5.41, 5.74) is 0.738. The summed E-state index contributed by atoms with van der Waals surface area (Å²) < 4.78 is 12.2. The van der Waals surface area contributed by atoms with Gasteiger partial charge in [0.2, 0.25) is 0 Å². The lowest BCUT2D eigenvalue weighted by Gasteiger charge is -2.06. The fourth-order valence-corrected chi connectivity index (χ4v) is 2.65. The van der Waals surface area contributed by atoms with Gasteiger partial charge in [-0.05, 0) is 30.7 Å². The van der Waals surface area contributed by atoms with Crippen LogP contribution in [0.5, 0.6) is 5.75 Å². The second-order valence-electron chi connectivity index (χ2n) is 3.50. The van der Waals surface area contributed by atoms with Gasteiger partial charge in [0.25, 0.3) is 0 Å². The molecule has 2 nitrogen and oxygen atoms in total. The summed E-state index contributed by atoms with van der Waals surface area (Å²) in [5.74, 6) is 0.115. The van der Waals surface area contributed by atoms with Gasteiger partial charge in [0, 0.05) is 4.90 Å². The summed E-state index contributed by atoms with van der Waals surface area (Å²) in [6.45, 7) is 1.79. The molecule has 0 saturated carbocycles. The van der Waals surface area contributed by atoms with E-state index in [1.807, 2.05) is 18.2 Å². The van der Waals surface area contributed by atoms with Crippen molar-refractivity contribution in [3.8, 4) is 5.75 Å². The van der Waals surface area contributed by atoms with Crippen molar-refractivity contribution in [1.29, 1.82) is 0 Å². The zero-order valence-corrected chi connectivity index (χ0v) is 9.70. The summed E-state index contributed by atoms with van der Waals surface area (Å²) in [5, 5.41) is 9.84. The molecule has 0 saturated heterocycles. The standard InChI is InChI=1S/C13H12O2S/c1-10-6-5-9-12(13(10)14)16(15)11-7-3-2-4-8-11/h2-9,14H,1H3. The lowest BCUT2D eigenvalue weighted by Crippen LogP contribution is -1.93. The Morgan fingerprint density at radius 3 is 2.38 bits per heavy atom. The first-order valence-electron chi connectivity index (χ1n) is 4.95. The van der Waals surface area contributed by atoms with Crippen molar-refractivity contribution in [2.45, 2.75) is 16.7 Å². The monoisotopic (exact) mass is 232 g/mol. The molecule has 0 amide bonds. The fourth-order valence-electron chi connectivity index (χ4n) is 1.45. The van der Waals surface area contributed by atoms with E-state index in [1.54, 1.807) is 37.3 Å². The van der Waals surface area contributed by atoms with Crippen molar-refractivity contribution in [2.75, 3.05) is 0 Å². The lowest BCUT2D eigenvalue weighted by molar-refractivity contribution is 0.457. The first-order chi connectivity index (χ1) is 7.70. The quantitative estimate of drug-likeness (QED) is 0.864. The SMILES string of the molecule is Cc1cccc(S(=O)c2ccccc2)c1O. The molecule has 0 fully saturated rings. The van der Waals surface area contributed by atoms with Crippen LogP contribution in [0.4, 0.5) is 0 Å². The molecule has 0 spiro atoms. The number of aromatic hydroxyl groups is 1. The Balaban J connectivity index is 2.46. The highest BCUT2D eigenvalue weighted by molar-refractivity contribution is 7.85. The highest BCUT2D eigenvalue weighted by Gasteiger charge is 2.12. The second-order valence-corrected chi connectivity index (χ2v) is 4.95. The highest BCUT2D eigenvalue weighted by atomic mass is 32.2. The van der Waals surface area contributed by atoms with E-state index in [0.29, 0.717) is 9.79 Å². The lowest BCUT2D eigenvalue weighted by atomic mass is 10.2. The molecule has 1 unspecified atom stereocenters. The molecule has 0 heterocycles. The Labute approximate surface area is 97.0 Å². The van der Waals surface area contributed by atoms with Gasteiger partial charge in [0.1, 0.15) is 5.75 Å². The van der Waals surface area contributed by atoms with Crippen LogP contribution in [-0.2, 0) is 10.8 Å². The van der Waals surface area contributed by atoms with E-state index < -0.39 is 10.8 Å². The fraction of sp³-hybridized carbons (Fsp3) is 0.0769. The molecule has 2 aromatic rings. The normalized spacial score (nSPS) is 12.3. The van der Waals surface area contributed by atoms with Gasteiger partial charge < -0.3 is 5.11 Å². The molecule has 82 valence electrons. The number of rotatable bonds is 2. The van der Waals surface area contributed by atoms with Crippen LogP contribution in [0, 0.1) is 6.92 Å². The average Bonchev–Trinajstić information content (AvgIpc) is 2.33. The minimum atomic E-state index is -1.32. The van der Waals surface area contributed by atoms with Gasteiger partial charge in [-0.3, -0.25) is 0 Å². The Morgan fingerprint density at radius 1 is 1.00 bits per heavy atom. The summed E-state index contributed by atoms with van der Waals surface area (Å²) in [6.07, 6.45) is 0.